The molecule has 33 heavy (non-hydrogen) atoms. The number of amides is 4. The Balaban J connectivity index is 1.52. The zero-order chi connectivity index (χ0) is 24.0. The van der Waals surface area contributed by atoms with E-state index in [1.807, 2.05) is 6.92 Å². The van der Waals surface area contributed by atoms with Gasteiger partial charge in [0, 0.05) is 11.8 Å². The Morgan fingerprint density at radius 3 is 2.42 bits per heavy atom. The fraction of sp³-hybridized carbons (Fsp3) is 0.286. The molecule has 0 radical (unpaired) electrons. The molecule has 2 aromatic carbocycles. The van der Waals surface area contributed by atoms with Crippen molar-refractivity contribution in [3.05, 3.63) is 47.8 Å². The van der Waals surface area contributed by atoms with E-state index in [0.717, 1.165) is 6.07 Å². The van der Waals surface area contributed by atoms with Crippen LogP contribution in [0, 0.1) is 17.5 Å². The van der Waals surface area contributed by atoms with Crippen molar-refractivity contribution >= 4 is 29.2 Å². The van der Waals surface area contributed by atoms with Gasteiger partial charge in [0.1, 0.15) is 0 Å². The van der Waals surface area contributed by atoms with Crippen LogP contribution < -0.4 is 25.4 Å². The third-order valence-corrected chi connectivity index (χ3v) is 4.47. The Labute approximate surface area is 186 Å². The van der Waals surface area contributed by atoms with E-state index in [9.17, 15) is 27.6 Å². The molecule has 12 heteroatoms. The van der Waals surface area contributed by atoms with E-state index in [0.29, 0.717) is 36.2 Å². The fourth-order valence-corrected chi connectivity index (χ4v) is 3.05. The Morgan fingerprint density at radius 2 is 1.67 bits per heavy atom. The lowest BCUT2D eigenvalue weighted by molar-refractivity contribution is -0.122. The van der Waals surface area contributed by atoms with Gasteiger partial charge in [-0.1, -0.05) is 6.92 Å². The first-order chi connectivity index (χ1) is 15.8. The number of carbonyl (C=O) groups is 3. The van der Waals surface area contributed by atoms with Crippen LogP contribution in [-0.2, 0) is 9.59 Å². The van der Waals surface area contributed by atoms with Crippen molar-refractivity contribution < 1.29 is 37.0 Å². The van der Waals surface area contributed by atoms with Gasteiger partial charge in [0.2, 0.25) is 18.6 Å². The second-order valence-corrected chi connectivity index (χ2v) is 7.05. The van der Waals surface area contributed by atoms with Gasteiger partial charge in [0.05, 0.1) is 18.8 Å². The summed E-state index contributed by atoms with van der Waals surface area (Å²) in [7, 11) is 0. The van der Waals surface area contributed by atoms with Gasteiger partial charge in [0.15, 0.2) is 29.0 Å². The van der Waals surface area contributed by atoms with Crippen LogP contribution in [0.15, 0.2) is 30.3 Å². The number of urea groups is 1. The van der Waals surface area contributed by atoms with Crippen molar-refractivity contribution in [2.45, 2.75) is 13.3 Å². The standard InChI is InChI=1S/C21H21F3N4O5/c1-2-7-28(9-17(29)26-14-5-4-13(22)19(23)20(14)24)10-18(30)27-21(31)25-12-3-6-15-16(8-12)33-11-32-15/h3-6,8H,2,7,9-11H2,1H3,(H,26,29)(H2,25,27,30,31). The molecule has 0 aromatic heterocycles. The number of imide groups is 1. The van der Waals surface area contributed by atoms with Crippen molar-refractivity contribution in [1.82, 2.24) is 10.2 Å². The highest BCUT2D eigenvalue weighted by Crippen LogP contribution is 2.34. The summed E-state index contributed by atoms with van der Waals surface area (Å²) in [5, 5.41) is 6.77. The highest BCUT2D eigenvalue weighted by molar-refractivity contribution is 6.02. The summed E-state index contributed by atoms with van der Waals surface area (Å²) in [6.45, 7) is 1.54. The maximum absolute atomic E-state index is 13.7. The number of anilines is 2. The highest BCUT2D eigenvalue weighted by Gasteiger charge is 2.19. The zero-order valence-electron chi connectivity index (χ0n) is 17.5. The Bertz CT molecular complexity index is 1070. The van der Waals surface area contributed by atoms with Crippen LogP contribution in [-0.4, -0.2) is 49.2 Å². The average Bonchev–Trinajstić information content (AvgIpc) is 3.22. The number of nitrogens with one attached hydrogen (secondary N) is 3. The minimum absolute atomic E-state index is 0.0764. The molecule has 1 aliphatic heterocycles. The minimum Gasteiger partial charge on any atom is -0.454 e. The van der Waals surface area contributed by atoms with E-state index in [1.165, 1.54) is 11.0 Å². The van der Waals surface area contributed by atoms with Crippen molar-refractivity contribution in [2.24, 2.45) is 0 Å². The Kier molecular flexibility index (Phi) is 7.72. The largest absolute Gasteiger partial charge is 0.454 e. The van der Waals surface area contributed by atoms with Gasteiger partial charge in [-0.05, 0) is 37.2 Å². The molecule has 9 nitrogen and oxygen atoms in total. The third kappa shape index (κ3) is 6.35. The number of nitrogens with zero attached hydrogens (tertiary/aromatic N) is 1. The molecular weight excluding hydrogens is 445 g/mol. The van der Waals surface area contributed by atoms with E-state index in [4.69, 9.17) is 9.47 Å². The smallest absolute Gasteiger partial charge is 0.325 e. The average molecular weight is 466 g/mol. The number of benzene rings is 2. The predicted octanol–water partition coefficient (Wildman–Crippen LogP) is 2.83. The van der Waals surface area contributed by atoms with Crippen LogP contribution in [0.2, 0.25) is 0 Å². The SMILES string of the molecule is CCCN(CC(=O)NC(=O)Nc1ccc2c(c1)OCO2)CC(=O)Nc1ccc(F)c(F)c1F. The lowest BCUT2D eigenvalue weighted by Gasteiger charge is -2.20. The van der Waals surface area contributed by atoms with Gasteiger partial charge >= 0.3 is 6.03 Å². The first-order valence-electron chi connectivity index (χ1n) is 9.93. The van der Waals surface area contributed by atoms with E-state index in [2.05, 4.69) is 16.0 Å². The van der Waals surface area contributed by atoms with Crippen molar-refractivity contribution in [1.29, 1.82) is 0 Å². The van der Waals surface area contributed by atoms with Gasteiger partial charge in [0.25, 0.3) is 0 Å². The molecule has 0 saturated carbocycles. The summed E-state index contributed by atoms with van der Waals surface area (Å²) < 4.78 is 50.5. The third-order valence-electron chi connectivity index (χ3n) is 4.47. The monoisotopic (exact) mass is 466 g/mol. The summed E-state index contributed by atoms with van der Waals surface area (Å²) in [6, 6.07) is 5.51. The van der Waals surface area contributed by atoms with Gasteiger partial charge < -0.3 is 20.1 Å². The second kappa shape index (κ2) is 10.7. The molecule has 1 heterocycles. The van der Waals surface area contributed by atoms with E-state index in [-0.39, 0.29) is 19.9 Å². The lowest BCUT2D eigenvalue weighted by Crippen LogP contribution is -2.44. The fourth-order valence-electron chi connectivity index (χ4n) is 3.05. The van der Waals surface area contributed by atoms with E-state index in [1.54, 1.807) is 12.1 Å². The molecule has 0 aliphatic carbocycles. The summed E-state index contributed by atoms with van der Waals surface area (Å²) in [4.78, 5) is 38.0. The molecule has 3 N–H and O–H groups in total. The molecule has 0 fully saturated rings. The van der Waals surface area contributed by atoms with Crippen LogP contribution in [0.25, 0.3) is 0 Å². The van der Waals surface area contributed by atoms with Crippen molar-refractivity contribution in [3.8, 4) is 11.5 Å². The first kappa shape index (κ1) is 23.9. The number of halogens is 3. The number of hydrogen-bond donors (Lipinski definition) is 3. The summed E-state index contributed by atoms with van der Waals surface area (Å²) in [6.07, 6.45) is 0.573. The molecule has 4 amide bonds. The number of hydrogen-bond acceptors (Lipinski definition) is 6. The predicted molar refractivity (Wildman–Crippen MR) is 111 cm³/mol. The maximum Gasteiger partial charge on any atom is 0.325 e. The van der Waals surface area contributed by atoms with Gasteiger partial charge in [-0.3, -0.25) is 19.8 Å². The Morgan fingerprint density at radius 1 is 0.939 bits per heavy atom. The van der Waals surface area contributed by atoms with Crippen LogP contribution in [0.4, 0.5) is 29.3 Å². The topological polar surface area (TPSA) is 109 Å². The van der Waals surface area contributed by atoms with Gasteiger partial charge in [-0.25, -0.2) is 18.0 Å². The van der Waals surface area contributed by atoms with Gasteiger partial charge in [-0.15, -0.1) is 0 Å². The summed E-state index contributed by atoms with van der Waals surface area (Å²) in [5.41, 5.74) is -0.147. The summed E-state index contributed by atoms with van der Waals surface area (Å²) in [5.74, 6) is -5.05. The first-order valence-corrected chi connectivity index (χ1v) is 9.93. The number of fused-ring (bicyclic) bond motifs is 1. The van der Waals surface area contributed by atoms with Crippen molar-refractivity contribution in [2.75, 3.05) is 37.1 Å². The minimum atomic E-state index is -1.70. The molecule has 0 atom stereocenters. The summed E-state index contributed by atoms with van der Waals surface area (Å²) >= 11 is 0. The van der Waals surface area contributed by atoms with Crippen LogP contribution in [0.1, 0.15) is 13.3 Å². The van der Waals surface area contributed by atoms with Gasteiger partial charge in [-0.2, -0.15) is 0 Å². The maximum atomic E-state index is 13.7. The van der Waals surface area contributed by atoms with Crippen molar-refractivity contribution in [3.63, 3.8) is 0 Å². The highest BCUT2D eigenvalue weighted by atomic mass is 19.2. The Hall–Kier alpha value is -3.80. The van der Waals surface area contributed by atoms with E-state index >= 15 is 0 Å². The number of ether oxygens (including phenoxy) is 2. The molecule has 1 aliphatic rings. The molecule has 2 aromatic rings. The lowest BCUT2D eigenvalue weighted by atomic mass is 10.2. The molecule has 0 bridgehead atoms. The molecular formula is C21H21F3N4O5. The molecule has 0 spiro atoms. The number of rotatable bonds is 8. The van der Waals surface area contributed by atoms with Crippen LogP contribution in [0.3, 0.4) is 0 Å². The molecule has 3 rings (SSSR count). The second-order valence-electron chi connectivity index (χ2n) is 7.05. The van der Waals surface area contributed by atoms with Crippen LogP contribution >= 0.6 is 0 Å². The van der Waals surface area contributed by atoms with Crippen LogP contribution in [0.5, 0.6) is 11.5 Å². The molecule has 0 saturated heterocycles. The molecule has 0 unspecified atom stereocenters. The van der Waals surface area contributed by atoms with E-state index < -0.39 is 41.0 Å². The zero-order valence-corrected chi connectivity index (χ0v) is 17.5. The number of carbonyl (C=O) groups excluding carboxylic acids is 3. The molecule has 176 valence electrons. The normalized spacial score (nSPS) is 11.9. The quantitative estimate of drug-likeness (QED) is 0.517.